The van der Waals surface area contributed by atoms with Gasteiger partial charge in [0.2, 0.25) is 0 Å². The van der Waals surface area contributed by atoms with Crippen molar-refractivity contribution in [3.8, 4) is 0 Å². The molecule has 0 aromatic rings. The molecule has 58 valence electrons. The van der Waals surface area contributed by atoms with Crippen molar-refractivity contribution in [2.75, 3.05) is 6.61 Å². The molecule has 0 heterocycles. The molecule has 0 aromatic carbocycles. The van der Waals surface area contributed by atoms with E-state index in [2.05, 4.69) is 0 Å². The first-order valence-electron chi connectivity index (χ1n) is 3.32. The lowest BCUT2D eigenvalue weighted by molar-refractivity contribution is -0.142. The number of esters is 1. The van der Waals surface area contributed by atoms with Gasteiger partial charge in [-0.15, -0.1) is 0 Å². The van der Waals surface area contributed by atoms with E-state index in [1.54, 1.807) is 6.92 Å². The smallest absolute Gasteiger partial charge is 0.306 e. The Morgan fingerprint density at radius 2 is 2.10 bits per heavy atom. The third-order valence-corrected chi connectivity index (χ3v) is 1.19. The molecular formula is C7H12O2S. The van der Waals surface area contributed by atoms with Crippen LogP contribution in [0.5, 0.6) is 0 Å². The minimum absolute atomic E-state index is 0.160. The summed E-state index contributed by atoms with van der Waals surface area (Å²) in [7, 11) is 0. The summed E-state index contributed by atoms with van der Waals surface area (Å²) in [6.07, 6.45) is 1.08. The number of carbonyl (C=O) groups excluding carboxylic acids is 1. The van der Waals surface area contributed by atoms with Crippen molar-refractivity contribution in [1.29, 1.82) is 0 Å². The van der Waals surface area contributed by atoms with E-state index in [9.17, 15) is 4.79 Å². The van der Waals surface area contributed by atoms with Gasteiger partial charge in [0.25, 0.3) is 0 Å². The fourth-order valence-corrected chi connectivity index (χ4v) is 0.613. The summed E-state index contributed by atoms with van der Waals surface area (Å²) >= 11 is 4.79. The highest BCUT2D eigenvalue weighted by Gasteiger charge is 2.00. The van der Waals surface area contributed by atoms with Crippen molar-refractivity contribution < 1.29 is 9.53 Å². The van der Waals surface area contributed by atoms with E-state index in [-0.39, 0.29) is 5.97 Å². The summed E-state index contributed by atoms with van der Waals surface area (Å²) < 4.78 is 4.69. The standard InChI is InChI=1S/C7H12O2S/c1-3-9-7(8)5-4-6(2)10/h3-5H2,1-2H3. The molecule has 0 aliphatic heterocycles. The van der Waals surface area contributed by atoms with Gasteiger partial charge < -0.3 is 4.74 Å². The molecule has 0 atom stereocenters. The van der Waals surface area contributed by atoms with Crippen molar-refractivity contribution >= 4 is 23.1 Å². The Labute approximate surface area is 66.6 Å². The first-order valence-corrected chi connectivity index (χ1v) is 3.72. The highest BCUT2D eigenvalue weighted by molar-refractivity contribution is 7.80. The molecule has 0 rings (SSSR count). The van der Waals surface area contributed by atoms with E-state index in [1.165, 1.54) is 0 Å². The summed E-state index contributed by atoms with van der Waals surface area (Å²) in [4.78, 5) is 11.5. The predicted octanol–water partition coefficient (Wildman–Crippen LogP) is 1.72. The molecule has 0 unspecified atom stereocenters. The minimum atomic E-state index is -0.160. The third kappa shape index (κ3) is 5.69. The van der Waals surface area contributed by atoms with Crippen LogP contribution >= 0.6 is 12.2 Å². The molecule has 0 saturated heterocycles. The van der Waals surface area contributed by atoms with Gasteiger partial charge in [-0.1, -0.05) is 12.2 Å². The molecule has 10 heavy (non-hydrogen) atoms. The molecule has 0 N–H and O–H groups in total. The first-order chi connectivity index (χ1) is 4.66. The topological polar surface area (TPSA) is 26.3 Å². The fourth-order valence-electron chi connectivity index (χ4n) is 0.511. The van der Waals surface area contributed by atoms with E-state index in [0.29, 0.717) is 19.4 Å². The Hall–Kier alpha value is -0.440. The summed E-state index contributed by atoms with van der Waals surface area (Å²) in [6.45, 7) is 4.08. The van der Waals surface area contributed by atoms with Gasteiger partial charge in [0.05, 0.1) is 13.0 Å². The first kappa shape index (κ1) is 9.56. The second-order valence-corrected chi connectivity index (χ2v) is 2.70. The van der Waals surface area contributed by atoms with Gasteiger partial charge in [-0.05, 0) is 25.1 Å². The molecule has 0 spiro atoms. The van der Waals surface area contributed by atoms with E-state index in [1.807, 2.05) is 6.92 Å². The van der Waals surface area contributed by atoms with Crippen LogP contribution in [0.1, 0.15) is 26.7 Å². The molecule has 0 aliphatic rings. The van der Waals surface area contributed by atoms with Gasteiger partial charge in [-0.25, -0.2) is 0 Å². The van der Waals surface area contributed by atoms with Crippen LogP contribution in [0.4, 0.5) is 0 Å². The van der Waals surface area contributed by atoms with Crippen LogP contribution in [-0.2, 0) is 9.53 Å². The highest BCUT2D eigenvalue weighted by Crippen LogP contribution is 1.94. The van der Waals surface area contributed by atoms with E-state index in [4.69, 9.17) is 17.0 Å². The normalized spacial score (nSPS) is 9.00. The Kier molecular flexibility index (Phi) is 5.12. The van der Waals surface area contributed by atoms with Crippen molar-refractivity contribution in [1.82, 2.24) is 0 Å². The highest BCUT2D eigenvalue weighted by atomic mass is 32.1. The van der Waals surface area contributed by atoms with Crippen LogP contribution in [-0.4, -0.2) is 17.4 Å². The van der Waals surface area contributed by atoms with E-state index < -0.39 is 0 Å². The van der Waals surface area contributed by atoms with E-state index in [0.717, 1.165) is 4.86 Å². The van der Waals surface area contributed by atoms with Gasteiger partial charge in [-0.3, -0.25) is 4.79 Å². The van der Waals surface area contributed by atoms with Gasteiger partial charge >= 0.3 is 5.97 Å². The lowest BCUT2D eigenvalue weighted by atomic mass is 10.2. The minimum Gasteiger partial charge on any atom is -0.466 e. The monoisotopic (exact) mass is 160 g/mol. The predicted molar refractivity (Wildman–Crippen MR) is 44.1 cm³/mol. The van der Waals surface area contributed by atoms with Gasteiger partial charge in [0, 0.05) is 0 Å². The molecule has 0 radical (unpaired) electrons. The van der Waals surface area contributed by atoms with Gasteiger partial charge in [-0.2, -0.15) is 0 Å². The molecule has 3 heteroatoms. The van der Waals surface area contributed by atoms with Crippen molar-refractivity contribution in [3.63, 3.8) is 0 Å². The second-order valence-electron chi connectivity index (χ2n) is 2.01. The maximum atomic E-state index is 10.7. The lowest BCUT2D eigenvalue weighted by Gasteiger charge is -1.98. The second kappa shape index (κ2) is 5.35. The zero-order valence-electron chi connectivity index (χ0n) is 6.35. The quantitative estimate of drug-likeness (QED) is 0.462. The van der Waals surface area contributed by atoms with Crippen LogP contribution in [0, 0.1) is 0 Å². The molecule has 0 bridgehead atoms. The van der Waals surface area contributed by atoms with Gasteiger partial charge in [0.15, 0.2) is 0 Å². The van der Waals surface area contributed by atoms with Crippen LogP contribution in [0.2, 0.25) is 0 Å². The Bertz CT molecular complexity index is 132. The number of thiocarbonyl (C=S) groups is 1. The van der Waals surface area contributed by atoms with Crippen molar-refractivity contribution in [2.24, 2.45) is 0 Å². The number of hydrogen-bond donors (Lipinski definition) is 0. The number of rotatable bonds is 4. The molecule has 0 fully saturated rings. The largest absolute Gasteiger partial charge is 0.466 e. The summed E-state index contributed by atoms with van der Waals surface area (Å²) in [5, 5.41) is 0. The van der Waals surface area contributed by atoms with Crippen LogP contribution in [0.15, 0.2) is 0 Å². The number of hydrogen-bond acceptors (Lipinski definition) is 3. The average Bonchev–Trinajstić information content (AvgIpc) is 1.85. The SMILES string of the molecule is CCOC(=O)CCC(C)=S. The van der Waals surface area contributed by atoms with Crippen molar-refractivity contribution in [2.45, 2.75) is 26.7 Å². The molecule has 2 nitrogen and oxygen atoms in total. The molecule has 0 saturated carbocycles. The van der Waals surface area contributed by atoms with Crippen LogP contribution in [0.3, 0.4) is 0 Å². The summed E-state index contributed by atoms with van der Waals surface area (Å²) in [6, 6.07) is 0. The Morgan fingerprint density at radius 3 is 2.50 bits per heavy atom. The summed E-state index contributed by atoms with van der Waals surface area (Å²) in [5.41, 5.74) is 0. The summed E-state index contributed by atoms with van der Waals surface area (Å²) in [5.74, 6) is -0.160. The maximum absolute atomic E-state index is 10.7. The van der Waals surface area contributed by atoms with E-state index >= 15 is 0 Å². The molecule has 0 aromatic heterocycles. The molecule has 0 aliphatic carbocycles. The molecule has 0 amide bonds. The van der Waals surface area contributed by atoms with Crippen molar-refractivity contribution in [3.05, 3.63) is 0 Å². The number of ether oxygens (including phenoxy) is 1. The lowest BCUT2D eigenvalue weighted by Crippen LogP contribution is -2.04. The fraction of sp³-hybridized carbons (Fsp3) is 0.714. The Balaban J connectivity index is 3.30. The average molecular weight is 160 g/mol. The van der Waals surface area contributed by atoms with Crippen LogP contribution < -0.4 is 0 Å². The zero-order chi connectivity index (χ0) is 7.98. The molecular weight excluding hydrogens is 148 g/mol. The maximum Gasteiger partial charge on any atom is 0.306 e. The Morgan fingerprint density at radius 1 is 1.50 bits per heavy atom. The van der Waals surface area contributed by atoms with Gasteiger partial charge in [0.1, 0.15) is 0 Å². The zero-order valence-corrected chi connectivity index (χ0v) is 7.16. The van der Waals surface area contributed by atoms with Crippen LogP contribution in [0.25, 0.3) is 0 Å². The third-order valence-electron chi connectivity index (χ3n) is 0.987. The number of carbonyl (C=O) groups is 1.